The van der Waals surface area contributed by atoms with Gasteiger partial charge in [0, 0.05) is 31.9 Å². The number of para-hydroxylation sites is 2. The molecule has 0 unspecified atom stereocenters. The number of nitrogens with zero attached hydrogens (tertiary/aromatic N) is 1. The maximum absolute atomic E-state index is 2.48. The van der Waals surface area contributed by atoms with Crippen LogP contribution in [-0.2, 0) is 0 Å². The van der Waals surface area contributed by atoms with Crippen molar-refractivity contribution in [1.29, 1.82) is 0 Å². The van der Waals surface area contributed by atoms with Gasteiger partial charge in [-0.1, -0.05) is 121 Å². The minimum absolute atomic E-state index is 1.18. The van der Waals surface area contributed by atoms with E-state index in [2.05, 4.69) is 168 Å². The fourth-order valence-corrected chi connectivity index (χ4v) is 8.75. The molecule has 10 aromatic rings. The fraction of sp³-hybridized carbons (Fsp3) is 0. The Labute approximate surface area is 270 Å². The van der Waals surface area contributed by atoms with Crippen molar-refractivity contribution in [1.82, 2.24) is 4.57 Å². The van der Waals surface area contributed by atoms with Gasteiger partial charge in [0.05, 0.1) is 15.7 Å². The number of hydrogen-bond donors (Lipinski definition) is 0. The minimum atomic E-state index is 1.18. The van der Waals surface area contributed by atoms with Crippen molar-refractivity contribution in [3.05, 3.63) is 164 Å². The molecule has 0 bridgehead atoms. The molecule has 1 nitrogen and oxygen atoms in total. The van der Waals surface area contributed by atoms with E-state index < -0.39 is 0 Å². The van der Waals surface area contributed by atoms with Crippen LogP contribution in [0, 0.1) is 0 Å². The van der Waals surface area contributed by atoms with Crippen molar-refractivity contribution >= 4 is 74.9 Å². The van der Waals surface area contributed by atoms with Gasteiger partial charge in [0.2, 0.25) is 0 Å². The molecule has 0 atom stereocenters. The normalized spacial score (nSPS) is 11.9. The lowest BCUT2D eigenvalue weighted by molar-refractivity contribution is 1.19. The first-order valence-corrected chi connectivity index (χ1v) is 16.6. The zero-order chi connectivity index (χ0) is 30.2. The molecular weight excluding hydrogens is 575 g/mol. The Morgan fingerprint density at radius 2 is 1.11 bits per heavy atom. The predicted octanol–water partition coefficient (Wildman–Crippen LogP) is 12.8. The van der Waals surface area contributed by atoms with Crippen molar-refractivity contribution in [2.24, 2.45) is 0 Å². The maximum Gasteiger partial charge on any atom is 0.0726 e. The number of benzene rings is 8. The SMILES string of the molecule is c1ccc(-c2cc3ccccc3c3cc(-c4cc5c6ccccc6sc5c5c4c4ccccc4n5-c4ccccc4)ccc23)cc1. The molecule has 2 heteroatoms. The zero-order valence-electron chi connectivity index (χ0n) is 24.9. The van der Waals surface area contributed by atoms with E-state index in [1.807, 2.05) is 11.3 Å². The third-order valence-corrected chi connectivity index (χ3v) is 10.7. The van der Waals surface area contributed by atoms with Gasteiger partial charge < -0.3 is 4.57 Å². The Kier molecular flexibility index (Phi) is 5.51. The predicted molar refractivity (Wildman–Crippen MR) is 200 cm³/mol. The highest BCUT2D eigenvalue weighted by Crippen LogP contribution is 2.48. The largest absolute Gasteiger partial charge is 0.308 e. The summed E-state index contributed by atoms with van der Waals surface area (Å²) < 4.78 is 5.13. The lowest BCUT2D eigenvalue weighted by Crippen LogP contribution is -1.93. The van der Waals surface area contributed by atoms with E-state index in [9.17, 15) is 0 Å². The Morgan fingerprint density at radius 1 is 0.413 bits per heavy atom. The fourth-order valence-electron chi connectivity index (χ4n) is 7.53. The van der Waals surface area contributed by atoms with E-state index in [1.165, 1.54) is 91.5 Å². The van der Waals surface area contributed by atoms with Crippen LogP contribution in [0.3, 0.4) is 0 Å². The van der Waals surface area contributed by atoms with Crippen LogP contribution in [0.4, 0.5) is 0 Å². The number of thiophene rings is 1. The molecule has 214 valence electrons. The maximum atomic E-state index is 2.48. The first-order chi connectivity index (χ1) is 22.8. The van der Waals surface area contributed by atoms with Crippen molar-refractivity contribution in [3.8, 4) is 27.9 Å². The standard InChI is InChI=1S/C44H27NS/c1-3-13-28(14-4-1)36-25-29-15-7-8-18-32(29)38-26-30(23-24-33(36)38)37-27-39-34-19-10-12-22-41(34)46-44(39)43-42(37)35-20-9-11-21-40(35)45(43)31-16-5-2-6-17-31/h1-27H. The molecule has 8 aromatic carbocycles. The van der Waals surface area contributed by atoms with Crippen LogP contribution in [0.5, 0.6) is 0 Å². The first-order valence-electron chi connectivity index (χ1n) is 15.8. The zero-order valence-corrected chi connectivity index (χ0v) is 25.8. The quantitative estimate of drug-likeness (QED) is 0.178. The Balaban J connectivity index is 1.38. The highest BCUT2D eigenvalue weighted by Gasteiger charge is 2.22. The summed E-state index contributed by atoms with van der Waals surface area (Å²) in [6.07, 6.45) is 0. The molecule has 0 fully saturated rings. The minimum Gasteiger partial charge on any atom is -0.308 e. The van der Waals surface area contributed by atoms with Gasteiger partial charge in [-0.2, -0.15) is 0 Å². The van der Waals surface area contributed by atoms with Crippen molar-refractivity contribution in [2.45, 2.75) is 0 Å². The number of rotatable bonds is 3. The highest BCUT2D eigenvalue weighted by atomic mass is 32.1. The van der Waals surface area contributed by atoms with Crippen molar-refractivity contribution in [2.75, 3.05) is 0 Å². The van der Waals surface area contributed by atoms with Gasteiger partial charge in [-0.3, -0.25) is 0 Å². The lowest BCUT2D eigenvalue weighted by Gasteiger charge is -2.14. The average molecular weight is 602 g/mol. The smallest absolute Gasteiger partial charge is 0.0726 e. The van der Waals surface area contributed by atoms with E-state index in [4.69, 9.17) is 0 Å². The molecular formula is C44H27NS. The van der Waals surface area contributed by atoms with Gasteiger partial charge in [0.25, 0.3) is 0 Å². The Morgan fingerprint density at radius 3 is 1.96 bits per heavy atom. The molecule has 0 N–H and O–H groups in total. The molecule has 0 spiro atoms. The summed E-state index contributed by atoms with van der Waals surface area (Å²) in [5, 5.41) is 10.3. The van der Waals surface area contributed by atoms with E-state index in [0.29, 0.717) is 0 Å². The average Bonchev–Trinajstić information content (AvgIpc) is 3.68. The summed E-state index contributed by atoms with van der Waals surface area (Å²) in [6.45, 7) is 0. The first kappa shape index (κ1) is 25.6. The molecule has 0 radical (unpaired) electrons. The molecule has 2 aromatic heterocycles. The van der Waals surface area contributed by atoms with Gasteiger partial charge in [0.15, 0.2) is 0 Å². The summed E-state index contributed by atoms with van der Waals surface area (Å²) in [6, 6.07) is 60.1. The molecule has 46 heavy (non-hydrogen) atoms. The molecule has 0 aliphatic heterocycles. The second-order valence-corrected chi connectivity index (χ2v) is 13.1. The van der Waals surface area contributed by atoms with Crippen LogP contribution in [-0.4, -0.2) is 4.57 Å². The summed E-state index contributed by atoms with van der Waals surface area (Å²) in [5.41, 5.74) is 8.71. The van der Waals surface area contributed by atoms with E-state index in [-0.39, 0.29) is 0 Å². The third kappa shape index (κ3) is 3.68. The summed E-state index contributed by atoms with van der Waals surface area (Å²) in [7, 11) is 0. The second kappa shape index (κ2) is 9.90. The number of aromatic nitrogens is 1. The summed E-state index contributed by atoms with van der Waals surface area (Å²) >= 11 is 1.90. The van der Waals surface area contributed by atoms with Crippen molar-refractivity contribution in [3.63, 3.8) is 0 Å². The van der Waals surface area contributed by atoms with Crippen LogP contribution >= 0.6 is 11.3 Å². The van der Waals surface area contributed by atoms with Crippen LogP contribution < -0.4 is 0 Å². The Hall–Kier alpha value is -5.70. The molecule has 0 saturated carbocycles. The van der Waals surface area contributed by atoms with E-state index >= 15 is 0 Å². The topological polar surface area (TPSA) is 4.93 Å². The summed E-state index contributed by atoms with van der Waals surface area (Å²) in [4.78, 5) is 0. The number of fused-ring (bicyclic) bond motifs is 10. The molecule has 0 amide bonds. The van der Waals surface area contributed by atoms with Gasteiger partial charge in [-0.15, -0.1) is 11.3 Å². The van der Waals surface area contributed by atoms with Gasteiger partial charge >= 0.3 is 0 Å². The molecule has 10 rings (SSSR count). The molecule has 0 aliphatic rings. The van der Waals surface area contributed by atoms with Gasteiger partial charge in [0.1, 0.15) is 0 Å². The van der Waals surface area contributed by atoms with Crippen LogP contribution in [0.2, 0.25) is 0 Å². The van der Waals surface area contributed by atoms with Gasteiger partial charge in [-0.25, -0.2) is 0 Å². The highest BCUT2D eigenvalue weighted by molar-refractivity contribution is 7.26. The molecule has 0 saturated heterocycles. The summed E-state index contributed by atoms with van der Waals surface area (Å²) in [5.74, 6) is 0. The Bertz CT molecular complexity index is 2790. The third-order valence-electron chi connectivity index (χ3n) is 9.55. The van der Waals surface area contributed by atoms with Crippen LogP contribution in [0.1, 0.15) is 0 Å². The lowest BCUT2D eigenvalue weighted by atomic mass is 9.90. The van der Waals surface area contributed by atoms with E-state index in [1.54, 1.807) is 0 Å². The number of hydrogen-bond acceptors (Lipinski definition) is 1. The van der Waals surface area contributed by atoms with Crippen LogP contribution in [0.25, 0.3) is 91.5 Å². The molecule has 2 heterocycles. The van der Waals surface area contributed by atoms with E-state index in [0.717, 1.165) is 0 Å². The van der Waals surface area contributed by atoms with Crippen molar-refractivity contribution < 1.29 is 0 Å². The second-order valence-electron chi connectivity index (χ2n) is 12.1. The van der Waals surface area contributed by atoms with Gasteiger partial charge in [-0.05, 0) is 86.3 Å². The van der Waals surface area contributed by atoms with Crippen LogP contribution in [0.15, 0.2) is 164 Å². The monoisotopic (exact) mass is 601 g/mol. The molecule has 0 aliphatic carbocycles.